The van der Waals surface area contributed by atoms with Gasteiger partial charge in [0.25, 0.3) is 0 Å². The number of benzene rings is 1. The normalized spacial score (nSPS) is 18.6. The maximum Gasteiger partial charge on any atom is 0.0511 e. The molecule has 2 N–H and O–H groups in total. The van der Waals surface area contributed by atoms with Gasteiger partial charge in [-0.2, -0.15) is 11.3 Å². The molecule has 0 saturated carbocycles. The molecule has 0 bridgehead atoms. The minimum Gasteiger partial charge on any atom is -0.326 e. The van der Waals surface area contributed by atoms with Crippen molar-refractivity contribution in [1.82, 2.24) is 4.90 Å². The van der Waals surface area contributed by atoms with Crippen LogP contribution in [0.15, 0.2) is 41.1 Å². The van der Waals surface area contributed by atoms with Gasteiger partial charge in [0.05, 0.1) is 6.04 Å². The van der Waals surface area contributed by atoms with E-state index in [9.17, 15) is 0 Å². The Labute approximate surface area is 112 Å². The first-order valence-corrected chi connectivity index (χ1v) is 7.28. The summed E-state index contributed by atoms with van der Waals surface area (Å²) in [4.78, 5) is 2.48. The van der Waals surface area contributed by atoms with Gasteiger partial charge >= 0.3 is 0 Å². The first kappa shape index (κ1) is 11.9. The molecule has 1 aromatic carbocycles. The molecule has 94 valence electrons. The second-order valence-electron chi connectivity index (χ2n) is 5.03. The average molecular weight is 258 g/mol. The molecule has 1 aliphatic rings. The van der Waals surface area contributed by atoms with Crippen LogP contribution in [0.25, 0.3) is 0 Å². The first-order valence-electron chi connectivity index (χ1n) is 6.34. The van der Waals surface area contributed by atoms with Gasteiger partial charge in [0, 0.05) is 19.1 Å². The summed E-state index contributed by atoms with van der Waals surface area (Å²) in [7, 11) is 0. The number of hydrogen-bond acceptors (Lipinski definition) is 3. The second kappa shape index (κ2) is 4.84. The average Bonchev–Trinajstić information content (AvgIpc) is 2.97. The maximum absolute atomic E-state index is 6.21. The Kier molecular flexibility index (Phi) is 3.20. The summed E-state index contributed by atoms with van der Waals surface area (Å²) in [5.41, 5.74) is 10.4. The SMILES string of the molecule is CC(N)C(c1ccsc1)N1Cc2ccccc2C1. The summed E-state index contributed by atoms with van der Waals surface area (Å²) in [5, 5.41) is 4.35. The maximum atomic E-state index is 6.21. The zero-order valence-corrected chi connectivity index (χ0v) is 11.4. The summed E-state index contributed by atoms with van der Waals surface area (Å²) in [6.07, 6.45) is 0. The largest absolute Gasteiger partial charge is 0.326 e. The van der Waals surface area contributed by atoms with Crippen molar-refractivity contribution < 1.29 is 0 Å². The molecular formula is C15H18N2S. The topological polar surface area (TPSA) is 29.3 Å². The van der Waals surface area contributed by atoms with E-state index in [0.717, 1.165) is 13.1 Å². The van der Waals surface area contributed by atoms with E-state index in [2.05, 4.69) is 52.9 Å². The molecule has 0 saturated heterocycles. The summed E-state index contributed by atoms with van der Waals surface area (Å²) in [6.45, 7) is 4.13. The fourth-order valence-corrected chi connectivity index (χ4v) is 3.54. The van der Waals surface area contributed by atoms with Crippen LogP contribution in [0.5, 0.6) is 0 Å². The van der Waals surface area contributed by atoms with E-state index >= 15 is 0 Å². The molecule has 0 amide bonds. The van der Waals surface area contributed by atoms with Crippen LogP contribution in [-0.4, -0.2) is 10.9 Å². The van der Waals surface area contributed by atoms with E-state index < -0.39 is 0 Å². The summed E-state index contributed by atoms with van der Waals surface area (Å²) in [5.74, 6) is 0. The molecule has 2 nitrogen and oxygen atoms in total. The third-order valence-corrected chi connectivity index (χ3v) is 4.34. The molecule has 3 rings (SSSR count). The molecule has 3 heteroatoms. The Morgan fingerprint density at radius 3 is 2.33 bits per heavy atom. The molecule has 18 heavy (non-hydrogen) atoms. The van der Waals surface area contributed by atoms with Crippen molar-refractivity contribution in [3.63, 3.8) is 0 Å². The molecule has 1 aliphatic heterocycles. The van der Waals surface area contributed by atoms with Crippen molar-refractivity contribution in [2.45, 2.75) is 32.1 Å². The van der Waals surface area contributed by atoms with Crippen molar-refractivity contribution in [2.24, 2.45) is 5.73 Å². The van der Waals surface area contributed by atoms with Crippen molar-refractivity contribution in [2.75, 3.05) is 0 Å². The van der Waals surface area contributed by atoms with Crippen LogP contribution in [0.3, 0.4) is 0 Å². The number of hydrogen-bond donors (Lipinski definition) is 1. The second-order valence-corrected chi connectivity index (χ2v) is 5.81. The van der Waals surface area contributed by atoms with Crippen LogP contribution in [0.4, 0.5) is 0 Å². The highest BCUT2D eigenvalue weighted by molar-refractivity contribution is 7.07. The van der Waals surface area contributed by atoms with Crippen molar-refractivity contribution >= 4 is 11.3 Å². The minimum atomic E-state index is 0.147. The van der Waals surface area contributed by atoms with Crippen LogP contribution in [0.2, 0.25) is 0 Å². The van der Waals surface area contributed by atoms with Gasteiger partial charge in [0.1, 0.15) is 0 Å². The molecule has 2 unspecified atom stereocenters. The Morgan fingerprint density at radius 1 is 1.17 bits per heavy atom. The van der Waals surface area contributed by atoms with E-state index in [4.69, 9.17) is 5.73 Å². The third kappa shape index (κ3) is 2.09. The van der Waals surface area contributed by atoms with E-state index in [1.54, 1.807) is 11.3 Å². The van der Waals surface area contributed by atoms with Gasteiger partial charge in [-0.1, -0.05) is 24.3 Å². The lowest BCUT2D eigenvalue weighted by atomic mass is 10.0. The number of nitrogens with zero attached hydrogens (tertiary/aromatic N) is 1. The Balaban J connectivity index is 1.87. The fourth-order valence-electron chi connectivity index (χ4n) is 2.85. The summed E-state index contributed by atoms with van der Waals surface area (Å²) >= 11 is 1.75. The van der Waals surface area contributed by atoms with Crippen molar-refractivity contribution in [3.05, 3.63) is 57.8 Å². The molecule has 0 radical (unpaired) electrons. The van der Waals surface area contributed by atoms with Crippen LogP contribution in [0, 0.1) is 0 Å². The molecule has 1 aromatic heterocycles. The lowest BCUT2D eigenvalue weighted by molar-refractivity contribution is 0.178. The van der Waals surface area contributed by atoms with Crippen molar-refractivity contribution in [1.29, 1.82) is 0 Å². The Morgan fingerprint density at radius 2 is 1.83 bits per heavy atom. The summed E-state index contributed by atoms with van der Waals surface area (Å²) < 4.78 is 0. The van der Waals surface area contributed by atoms with Gasteiger partial charge in [0.2, 0.25) is 0 Å². The number of thiophene rings is 1. The lowest BCUT2D eigenvalue weighted by Gasteiger charge is -2.30. The zero-order chi connectivity index (χ0) is 12.5. The Hall–Kier alpha value is -1.16. The number of rotatable bonds is 3. The van der Waals surface area contributed by atoms with Crippen LogP contribution < -0.4 is 5.73 Å². The highest BCUT2D eigenvalue weighted by Crippen LogP contribution is 2.33. The van der Waals surface area contributed by atoms with Gasteiger partial charge in [-0.05, 0) is 40.4 Å². The van der Waals surface area contributed by atoms with Crippen LogP contribution >= 0.6 is 11.3 Å². The highest BCUT2D eigenvalue weighted by atomic mass is 32.1. The molecule has 0 fully saturated rings. The quantitative estimate of drug-likeness (QED) is 0.916. The number of nitrogens with two attached hydrogens (primary N) is 1. The van der Waals surface area contributed by atoms with E-state index in [0.29, 0.717) is 6.04 Å². The monoisotopic (exact) mass is 258 g/mol. The zero-order valence-electron chi connectivity index (χ0n) is 10.5. The summed E-state index contributed by atoms with van der Waals surface area (Å²) in [6, 6.07) is 11.4. The molecule has 2 aromatic rings. The van der Waals surface area contributed by atoms with Gasteiger partial charge in [0.15, 0.2) is 0 Å². The molecule has 2 heterocycles. The smallest absolute Gasteiger partial charge is 0.0511 e. The van der Waals surface area contributed by atoms with Gasteiger partial charge in [-0.3, -0.25) is 4.90 Å². The third-order valence-electron chi connectivity index (χ3n) is 3.64. The number of fused-ring (bicyclic) bond motifs is 1. The van der Waals surface area contributed by atoms with E-state index in [-0.39, 0.29) is 6.04 Å². The van der Waals surface area contributed by atoms with Crippen LogP contribution in [0.1, 0.15) is 29.7 Å². The first-order chi connectivity index (χ1) is 8.75. The predicted molar refractivity (Wildman–Crippen MR) is 76.4 cm³/mol. The predicted octanol–water partition coefficient (Wildman–Crippen LogP) is 3.15. The van der Waals surface area contributed by atoms with Crippen LogP contribution in [-0.2, 0) is 13.1 Å². The minimum absolute atomic E-state index is 0.147. The molecule has 0 spiro atoms. The Bertz CT molecular complexity index is 494. The molecule has 0 aliphatic carbocycles. The van der Waals surface area contributed by atoms with E-state index in [1.165, 1.54) is 16.7 Å². The van der Waals surface area contributed by atoms with E-state index in [1.807, 2.05) is 0 Å². The van der Waals surface area contributed by atoms with Gasteiger partial charge < -0.3 is 5.73 Å². The fraction of sp³-hybridized carbons (Fsp3) is 0.333. The molecular weight excluding hydrogens is 240 g/mol. The molecule has 2 atom stereocenters. The standard InChI is InChI=1S/C15H18N2S/c1-11(16)15(14-6-7-18-10-14)17-8-12-4-2-3-5-13(12)9-17/h2-7,10-11,15H,8-9,16H2,1H3. The van der Waals surface area contributed by atoms with Gasteiger partial charge in [-0.25, -0.2) is 0 Å². The highest BCUT2D eigenvalue weighted by Gasteiger charge is 2.29. The lowest BCUT2D eigenvalue weighted by Crippen LogP contribution is -2.36. The van der Waals surface area contributed by atoms with Crippen molar-refractivity contribution in [3.8, 4) is 0 Å². The van der Waals surface area contributed by atoms with Gasteiger partial charge in [-0.15, -0.1) is 0 Å².